The van der Waals surface area contributed by atoms with Crippen LogP contribution in [0.4, 0.5) is 14.5 Å². The molecular weight excluding hydrogens is 280 g/mol. The van der Waals surface area contributed by atoms with Crippen LogP contribution in [-0.2, 0) is 11.2 Å². The third-order valence-electron chi connectivity index (χ3n) is 3.03. The Morgan fingerprint density at radius 1 is 1.14 bits per heavy atom. The number of ether oxygens (including phenoxy) is 2. The second kappa shape index (κ2) is 5.40. The van der Waals surface area contributed by atoms with E-state index in [0.29, 0.717) is 17.1 Å². The van der Waals surface area contributed by atoms with Crippen LogP contribution in [0.3, 0.4) is 0 Å². The normalized spacial score (nSPS) is 12.3. The number of fused-ring (bicyclic) bond motifs is 1. The predicted molar refractivity (Wildman–Crippen MR) is 71.3 cm³/mol. The molecule has 0 fully saturated rings. The van der Waals surface area contributed by atoms with Gasteiger partial charge in [-0.2, -0.15) is 0 Å². The van der Waals surface area contributed by atoms with Crippen LogP contribution < -0.4 is 14.8 Å². The summed E-state index contributed by atoms with van der Waals surface area (Å²) < 4.78 is 36.9. The molecule has 0 aliphatic carbocycles. The number of anilines is 1. The van der Waals surface area contributed by atoms with Gasteiger partial charge >= 0.3 is 0 Å². The first-order valence-electron chi connectivity index (χ1n) is 6.26. The van der Waals surface area contributed by atoms with E-state index in [4.69, 9.17) is 9.47 Å². The van der Waals surface area contributed by atoms with Gasteiger partial charge in [-0.15, -0.1) is 0 Å². The van der Waals surface area contributed by atoms with Crippen LogP contribution in [-0.4, -0.2) is 12.7 Å². The second-order valence-corrected chi connectivity index (χ2v) is 4.51. The Balaban J connectivity index is 1.70. The van der Waals surface area contributed by atoms with Gasteiger partial charge in [0.2, 0.25) is 12.7 Å². The molecule has 1 heterocycles. The highest BCUT2D eigenvalue weighted by Crippen LogP contribution is 2.32. The highest BCUT2D eigenvalue weighted by atomic mass is 19.2. The van der Waals surface area contributed by atoms with Crippen LogP contribution in [0.1, 0.15) is 5.56 Å². The minimum absolute atomic E-state index is 0.0204. The van der Waals surface area contributed by atoms with E-state index in [2.05, 4.69) is 5.32 Å². The van der Waals surface area contributed by atoms with Gasteiger partial charge in [-0.05, 0) is 29.8 Å². The molecule has 0 unspecified atom stereocenters. The summed E-state index contributed by atoms with van der Waals surface area (Å²) in [6.45, 7) is 0.152. The molecule has 0 bridgehead atoms. The minimum Gasteiger partial charge on any atom is -0.454 e. The van der Waals surface area contributed by atoms with Crippen molar-refractivity contribution < 1.29 is 23.0 Å². The highest BCUT2D eigenvalue weighted by Gasteiger charge is 2.15. The summed E-state index contributed by atoms with van der Waals surface area (Å²) in [7, 11) is 0. The number of carbonyl (C=O) groups excluding carboxylic acids is 1. The maximum Gasteiger partial charge on any atom is 0.231 e. The average molecular weight is 291 g/mol. The molecule has 1 amide bonds. The van der Waals surface area contributed by atoms with E-state index in [1.807, 2.05) is 0 Å². The molecule has 0 spiro atoms. The summed E-state index contributed by atoms with van der Waals surface area (Å²) in [4.78, 5) is 11.9. The van der Waals surface area contributed by atoms with Gasteiger partial charge in [-0.3, -0.25) is 4.79 Å². The zero-order valence-electron chi connectivity index (χ0n) is 10.9. The smallest absolute Gasteiger partial charge is 0.231 e. The molecule has 6 heteroatoms. The number of hydrogen-bond donors (Lipinski definition) is 1. The first kappa shape index (κ1) is 13.4. The van der Waals surface area contributed by atoms with Crippen molar-refractivity contribution in [3.8, 4) is 11.5 Å². The summed E-state index contributed by atoms with van der Waals surface area (Å²) >= 11 is 0. The monoisotopic (exact) mass is 291 g/mol. The second-order valence-electron chi connectivity index (χ2n) is 4.51. The number of rotatable bonds is 3. The van der Waals surface area contributed by atoms with Gasteiger partial charge in [-0.25, -0.2) is 8.78 Å². The van der Waals surface area contributed by atoms with E-state index in [-0.39, 0.29) is 18.9 Å². The lowest BCUT2D eigenvalue weighted by Gasteiger charge is -2.07. The largest absolute Gasteiger partial charge is 0.454 e. The Morgan fingerprint density at radius 3 is 2.81 bits per heavy atom. The lowest BCUT2D eigenvalue weighted by molar-refractivity contribution is -0.115. The Bertz CT molecular complexity index is 703. The zero-order chi connectivity index (χ0) is 14.8. The van der Waals surface area contributed by atoms with Crippen LogP contribution in [0, 0.1) is 11.6 Å². The van der Waals surface area contributed by atoms with Crippen LogP contribution in [0.2, 0.25) is 0 Å². The van der Waals surface area contributed by atoms with Gasteiger partial charge in [0.05, 0.1) is 12.1 Å². The zero-order valence-corrected chi connectivity index (χ0v) is 10.9. The van der Waals surface area contributed by atoms with Crippen molar-refractivity contribution in [1.29, 1.82) is 0 Å². The molecule has 0 saturated carbocycles. The van der Waals surface area contributed by atoms with Crippen LogP contribution in [0.25, 0.3) is 0 Å². The van der Waals surface area contributed by atoms with Crippen molar-refractivity contribution >= 4 is 11.6 Å². The van der Waals surface area contributed by atoms with Gasteiger partial charge in [-0.1, -0.05) is 12.1 Å². The third-order valence-corrected chi connectivity index (χ3v) is 3.03. The Hall–Kier alpha value is -2.63. The lowest BCUT2D eigenvalue weighted by Crippen LogP contribution is -2.15. The molecule has 4 nitrogen and oxygen atoms in total. The number of halogens is 2. The molecule has 0 radical (unpaired) electrons. The SMILES string of the molecule is O=C(Cc1ccc2c(c1)OCO2)Nc1cccc(F)c1F. The summed E-state index contributed by atoms with van der Waals surface area (Å²) in [5, 5.41) is 2.34. The average Bonchev–Trinajstić information content (AvgIpc) is 2.91. The summed E-state index contributed by atoms with van der Waals surface area (Å²) in [5.41, 5.74) is 0.509. The van der Waals surface area contributed by atoms with Crippen molar-refractivity contribution in [3.05, 3.63) is 53.6 Å². The maximum atomic E-state index is 13.5. The quantitative estimate of drug-likeness (QED) is 0.946. The van der Waals surface area contributed by atoms with Crippen molar-refractivity contribution in [2.45, 2.75) is 6.42 Å². The number of carbonyl (C=O) groups is 1. The summed E-state index contributed by atoms with van der Waals surface area (Å²) in [6.07, 6.45) is 0.0204. The van der Waals surface area contributed by atoms with Gasteiger partial charge in [0.1, 0.15) is 0 Å². The molecule has 1 N–H and O–H groups in total. The Morgan fingerprint density at radius 2 is 1.95 bits per heavy atom. The molecular formula is C15H11F2NO3. The van der Waals surface area contributed by atoms with E-state index < -0.39 is 17.5 Å². The Labute approximate surface area is 119 Å². The first-order valence-corrected chi connectivity index (χ1v) is 6.26. The fraction of sp³-hybridized carbons (Fsp3) is 0.133. The maximum absolute atomic E-state index is 13.5. The fourth-order valence-electron chi connectivity index (χ4n) is 2.03. The van der Waals surface area contributed by atoms with Crippen LogP contribution in [0.5, 0.6) is 11.5 Å². The Kier molecular flexibility index (Phi) is 3.43. The molecule has 3 rings (SSSR count). The van der Waals surface area contributed by atoms with E-state index >= 15 is 0 Å². The molecule has 0 atom stereocenters. The van der Waals surface area contributed by atoms with Crippen molar-refractivity contribution in [1.82, 2.24) is 0 Å². The van der Waals surface area contributed by atoms with Crippen molar-refractivity contribution in [2.75, 3.05) is 12.1 Å². The third kappa shape index (κ3) is 2.79. The molecule has 21 heavy (non-hydrogen) atoms. The number of amides is 1. The molecule has 108 valence electrons. The molecule has 2 aromatic carbocycles. The standard InChI is InChI=1S/C15H11F2NO3/c16-10-2-1-3-11(15(10)17)18-14(19)7-9-4-5-12-13(6-9)21-8-20-12/h1-6H,7-8H2,(H,18,19). The van der Waals surface area contributed by atoms with Crippen molar-refractivity contribution in [2.24, 2.45) is 0 Å². The molecule has 1 aliphatic rings. The van der Waals surface area contributed by atoms with Crippen LogP contribution in [0.15, 0.2) is 36.4 Å². The van der Waals surface area contributed by atoms with Gasteiger partial charge < -0.3 is 14.8 Å². The minimum atomic E-state index is -1.07. The molecule has 1 aliphatic heterocycles. The topological polar surface area (TPSA) is 47.6 Å². The van der Waals surface area contributed by atoms with Gasteiger partial charge in [0.25, 0.3) is 0 Å². The molecule has 2 aromatic rings. The number of benzene rings is 2. The van der Waals surface area contributed by atoms with E-state index in [1.54, 1.807) is 18.2 Å². The highest BCUT2D eigenvalue weighted by molar-refractivity contribution is 5.92. The van der Waals surface area contributed by atoms with Crippen molar-refractivity contribution in [3.63, 3.8) is 0 Å². The first-order chi connectivity index (χ1) is 10.1. The lowest BCUT2D eigenvalue weighted by atomic mass is 10.1. The predicted octanol–water partition coefficient (Wildman–Crippen LogP) is 2.87. The van der Waals surface area contributed by atoms with Gasteiger partial charge in [0.15, 0.2) is 23.1 Å². The number of nitrogens with one attached hydrogen (secondary N) is 1. The van der Waals surface area contributed by atoms with Gasteiger partial charge in [0, 0.05) is 0 Å². The van der Waals surface area contributed by atoms with E-state index in [9.17, 15) is 13.6 Å². The molecule has 0 aromatic heterocycles. The number of hydrogen-bond acceptors (Lipinski definition) is 3. The fourth-order valence-corrected chi connectivity index (χ4v) is 2.03. The van der Waals surface area contributed by atoms with E-state index in [0.717, 1.165) is 6.07 Å². The molecule has 0 saturated heterocycles. The summed E-state index contributed by atoms with van der Waals surface area (Å²) in [5.74, 6) is -1.33. The van der Waals surface area contributed by atoms with E-state index in [1.165, 1.54) is 12.1 Å². The van der Waals surface area contributed by atoms with Crippen LogP contribution >= 0.6 is 0 Å². The summed E-state index contributed by atoms with van der Waals surface area (Å²) in [6, 6.07) is 8.72.